The van der Waals surface area contributed by atoms with Gasteiger partial charge in [-0.3, -0.25) is 4.79 Å². The molecule has 1 saturated carbocycles. The number of aryl methyl sites for hydroxylation is 1. The molecular weight excluding hydrogens is 214 g/mol. The molecule has 0 saturated heterocycles. The van der Waals surface area contributed by atoms with Crippen LogP contribution < -0.4 is 0 Å². The van der Waals surface area contributed by atoms with E-state index in [0.29, 0.717) is 0 Å². The summed E-state index contributed by atoms with van der Waals surface area (Å²) in [4.78, 5) is 14.7. The van der Waals surface area contributed by atoms with Gasteiger partial charge in [0.25, 0.3) is 0 Å². The highest BCUT2D eigenvalue weighted by Crippen LogP contribution is 2.44. The van der Waals surface area contributed by atoms with Gasteiger partial charge in [-0.25, -0.2) is 0 Å². The summed E-state index contributed by atoms with van der Waals surface area (Å²) in [6.45, 7) is 2.01. The third kappa shape index (κ3) is 1.38. The average Bonchev–Trinajstić information content (AvgIpc) is 2.54. The largest absolute Gasteiger partial charge is 0.481 e. The van der Waals surface area contributed by atoms with E-state index in [0.717, 1.165) is 41.4 Å². The van der Waals surface area contributed by atoms with Crippen LogP contribution in [0.1, 0.15) is 30.5 Å². The monoisotopic (exact) mass is 229 g/mol. The van der Waals surface area contributed by atoms with Crippen molar-refractivity contribution >= 4 is 16.9 Å². The highest BCUT2D eigenvalue weighted by atomic mass is 16.4. The minimum Gasteiger partial charge on any atom is -0.481 e. The fourth-order valence-corrected chi connectivity index (χ4v) is 2.73. The van der Waals surface area contributed by atoms with Crippen molar-refractivity contribution in [3.63, 3.8) is 0 Å². The number of nitrogens with one attached hydrogen (secondary N) is 1. The Morgan fingerprint density at radius 2 is 2.12 bits per heavy atom. The molecule has 0 amide bonds. The molecule has 1 aliphatic rings. The molecule has 3 heteroatoms. The van der Waals surface area contributed by atoms with Gasteiger partial charge in [0.15, 0.2) is 0 Å². The van der Waals surface area contributed by atoms with Gasteiger partial charge in [0.1, 0.15) is 0 Å². The smallest absolute Gasteiger partial charge is 0.314 e. The number of hydrogen-bond acceptors (Lipinski definition) is 1. The number of carboxylic acids is 1. The molecule has 2 aromatic rings. The molecule has 0 aliphatic heterocycles. The molecule has 17 heavy (non-hydrogen) atoms. The van der Waals surface area contributed by atoms with Crippen LogP contribution >= 0.6 is 0 Å². The van der Waals surface area contributed by atoms with Gasteiger partial charge >= 0.3 is 5.97 Å². The molecule has 3 nitrogen and oxygen atoms in total. The summed E-state index contributed by atoms with van der Waals surface area (Å²) >= 11 is 0. The second kappa shape index (κ2) is 3.36. The minimum atomic E-state index is -0.685. The first-order valence-electron chi connectivity index (χ1n) is 5.95. The molecule has 0 radical (unpaired) electrons. The third-order valence-corrected chi connectivity index (χ3v) is 3.92. The fourth-order valence-electron chi connectivity index (χ4n) is 2.73. The van der Waals surface area contributed by atoms with Crippen LogP contribution in [0.5, 0.6) is 0 Å². The molecule has 1 heterocycles. The van der Waals surface area contributed by atoms with Crippen LogP contribution in [0.2, 0.25) is 0 Å². The highest BCUT2D eigenvalue weighted by molar-refractivity contribution is 5.87. The summed E-state index contributed by atoms with van der Waals surface area (Å²) < 4.78 is 0. The Morgan fingerprint density at radius 1 is 1.35 bits per heavy atom. The molecular formula is C14H15NO2. The summed E-state index contributed by atoms with van der Waals surface area (Å²) in [5.41, 5.74) is 2.50. The molecule has 88 valence electrons. The van der Waals surface area contributed by atoms with Crippen LogP contribution in [0.25, 0.3) is 10.9 Å². The maximum Gasteiger partial charge on any atom is 0.314 e. The number of rotatable bonds is 2. The van der Waals surface area contributed by atoms with Crippen LogP contribution in [0, 0.1) is 6.92 Å². The predicted octanol–water partition coefficient (Wildman–Crippen LogP) is 2.98. The van der Waals surface area contributed by atoms with E-state index in [1.54, 1.807) is 0 Å². The zero-order chi connectivity index (χ0) is 12.0. The van der Waals surface area contributed by atoms with Crippen molar-refractivity contribution in [2.75, 3.05) is 0 Å². The summed E-state index contributed by atoms with van der Waals surface area (Å²) in [6.07, 6.45) is 2.53. The van der Waals surface area contributed by atoms with E-state index < -0.39 is 11.4 Å². The molecule has 1 aliphatic carbocycles. The topological polar surface area (TPSA) is 53.1 Å². The van der Waals surface area contributed by atoms with Crippen LogP contribution in [0.3, 0.4) is 0 Å². The molecule has 0 bridgehead atoms. The first kappa shape index (κ1) is 10.4. The Labute approximate surface area is 99.5 Å². The zero-order valence-electron chi connectivity index (χ0n) is 9.79. The van der Waals surface area contributed by atoms with Crippen LogP contribution in [-0.2, 0) is 10.2 Å². The highest BCUT2D eigenvalue weighted by Gasteiger charge is 2.45. The van der Waals surface area contributed by atoms with E-state index in [9.17, 15) is 9.90 Å². The Hall–Kier alpha value is -1.77. The molecule has 0 unspecified atom stereocenters. The Morgan fingerprint density at radius 3 is 2.71 bits per heavy atom. The van der Waals surface area contributed by atoms with E-state index >= 15 is 0 Å². The van der Waals surface area contributed by atoms with E-state index in [2.05, 4.69) is 11.1 Å². The Kier molecular flexibility index (Phi) is 2.05. The van der Waals surface area contributed by atoms with Gasteiger partial charge in [-0.05, 0) is 48.9 Å². The zero-order valence-corrected chi connectivity index (χ0v) is 9.79. The van der Waals surface area contributed by atoms with Crippen LogP contribution in [0.4, 0.5) is 0 Å². The molecule has 0 spiro atoms. The maximum absolute atomic E-state index is 11.4. The van der Waals surface area contributed by atoms with E-state index in [1.807, 2.05) is 25.1 Å². The minimum absolute atomic E-state index is 0.626. The van der Waals surface area contributed by atoms with Gasteiger partial charge in [-0.1, -0.05) is 12.5 Å². The number of aromatic amines is 1. The van der Waals surface area contributed by atoms with Gasteiger partial charge in [0.05, 0.1) is 5.41 Å². The number of carboxylic acid groups (broad SMARTS) is 1. The predicted molar refractivity (Wildman–Crippen MR) is 66.2 cm³/mol. The van der Waals surface area contributed by atoms with Gasteiger partial charge in [0.2, 0.25) is 0 Å². The lowest BCUT2D eigenvalue weighted by molar-refractivity contribution is -0.147. The van der Waals surface area contributed by atoms with Gasteiger partial charge in [0, 0.05) is 11.2 Å². The average molecular weight is 229 g/mol. The van der Waals surface area contributed by atoms with Crippen molar-refractivity contribution in [3.8, 4) is 0 Å². The van der Waals surface area contributed by atoms with Crippen molar-refractivity contribution in [2.24, 2.45) is 0 Å². The summed E-state index contributed by atoms with van der Waals surface area (Å²) in [7, 11) is 0. The molecule has 1 aromatic carbocycles. The van der Waals surface area contributed by atoms with Gasteiger partial charge in [-0.15, -0.1) is 0 Å². The lowest BCUT2D eigenvalue weighted by Gasteiger charge is -2.38. The molecule has 0 atom stereocenters. The lowest BCUT2D eigenvalue weighted by Crippen LogP contribution is -2.42. The third-order valence-electron chi connectivity index (χ3n) is 3.92. The summed E-state index contributed by atoms with van der Waals surface area (Å²) in [5.74, 6) is -0.685. The second-order valence-corrected chi connectivity index (χ2v) is 5.00. The maximum atomic E-state index is 11.4. The fraction of sp³-hybridized carbons (Fsp3) is 0.357. The number of H-pyrrole nitrogens is 1. The lowest BCUT2D eigenvalue weighted by atomic mass is 9.64. The number of carbonyl (C=O) groups is 1. The van der Waals surface area contributed by atoms with Crippen molar-refractivity contribution < 1.29 is 9.90 Å². The number of benzene rings is 1. The van der Waals surface area contributed by atoms with Gasteiger partial charge in [-0.2, -0.15) is 0 Å². The van der Waals surface area contributed by atoms with Crippen molar-refractivity contribution in [1.29, 1.82) is 0 Å². The second-order valence-electron chi connectivity index (χ2n) is 5.00. The van der Waals surface area contributed by atoms with E-state index in [1.165, 1.54) is 0 Å². The first-order valence-corrected chi connectivity index (χ1v) is 5.95. The van der Waals surface area contributed by atoms with Crippen molar-refractivity contribution in [1.82, 2.24) is 4.98 Å². The quantitative estimate of drug-likeness (QED) is 0.831. The molecule has 2 N–H and O–H groups in total. The Bertz CT molecular complexity index is 593. The number of fused-ring (bicyclic) bond motifs is 1. The van der Waals surface area contributed by atoms with Crippen LogP contribution in [0.15, 0.2) is 24.3 Å². The van der Waals surface area contributed by atoms with Gasteiger partial charge < -0.3 is 10.1 Å². The Balaban J connectivity index is 2.14. The molecule has 1 aromatic heterocycles. The summed E-state index contributed by atoms with van der Waals surface area (Å²) in [5, 5.41) is 10.5. The van der Waals surface area contributed by atoms with Crippen molar-refractivity contribution in [3.05, 3.63) is 35.5 Å². The van der Waals surface area contributed by atoms with Crippen molar-refractivity contribution in [2.45, 2.75) is 31.6 Å². The normalized spacial score (nSPS) is 17.9. The van der Waals surface area contributed by atoms with E-state index in [4.69, 9.17) is 0 Å². The number of aliphatic carboxylic acids is 1. The molecule has 1 fully saturated rings. The van der Waals surface area contributed by atoms with Crippen LogP contribution in [-0.4, -0.2) is 16.1 Å². The molecule has 3 rings (SSSR count). The summed E-state index contributed by atoms with van der Waals surface area (Å²) in [6, 6.07) is 8.02. The standard InChI is InChI=1S/C14H15NO2/c1-9-7-10-8-11(3-4-12(10)15-9)14(13(16)17)5-2-6-14/h3-4,7-8,15H,2,5-6H2,1H3,(H,16,17). The SMILES string of the molecule is Cc1cc2cc(C3(C(=O)O)CCC3)ccc2[nH]1. The number of hydrogen-bond donors (Lipinski definition) is 2. The number of aromatic nitrogens is 1. The van der Waals surface area contributed by atoms with E-state index in [-0.39, 0.29) is 0 Å². The first-order chi connectivity index (χ1) is 8.12.